The van der Waals surface area contributed by atoms with Crippen molar-refractivity contribution in [1.29, 1.82) is 0 Å². The fourth-order valence-electron chi connectivity index (χ4n) is 5.85. The molecule has 2 aliphatic heterocycles. The van der Waals surface area contributed by atoms with E-state index in [9.17, 15) is 0 Å². The fourth-order valence-corrected chi connectivity index (χ4v) is 5.85. The van der Waals surface area contributed by atoms with Crippen LogP contribution in [0.1, 0.15) is 16.7 Å². The number of aryl methyl sites for hydroxylation is 1. The van der Waals surface area contributed by atoms with Crippen molar-refractivity contribution in [2.24, 2.45) is 0 Å². The molecular weight excluding hydrogens is 562 g/mol. The molecule has 9 nitrogen and oxygen atoms in total. The molecule has 0 spiro atoms. The lowest BCUT2D eigenvalue weighted by Crippen LogP contribution is -2.47. The van der Waals surface area contributed by atoms with Crippen LogP contribution in [0.5, 0.6) is 0 Å². The number of halogens is 2. The smallest absolute Gasteiger partial charge is 0.229 e. The van der Waals surface area contributed by atoms with Crippen LogP contribution in [0.15, 0.2) is 48.8 Å². The highest BCUT2D eigenvalue weighted by atomic mass is 19.1. The number of benzene rings is 2. The van der Waals surface area contributed by atoms with Gasteiger partial charge in [0.25, 0.3) is 0 Å². The normalized spacial score (nSPS) is 17.1. The van der Waals surface area contributed by atoms with Crippen molar-refractivity contribution in [3.63, 3.8) is 0 Å². The first-order valence-corrected chi connectivity index (χ1v) is 15.4. The van der Waals surface area contributed by atoms with E-state index < -0.39 is 11.6 Å². The van der Waals surface area contributed by atoms with E-state index in [1.165, 1.54) is 23.3 Å². The minimum atomic E-state index is -0.567. The van der Waals surface area contributed by atoms with E-state index in [0.29, 0.717) is 43.6 Å². The first kappa shape index (κ1) is 30.5. The molecule has 2 saturated heterocycles. The molecule has 234 valence electrons. The standard InChI is InChI=1S/C33H42F2N8O/c1-24-4-5-27(18-26(24)22-41-12-10-40(11-13-41)9-8-39(2)3)37-33-36-21-25-6-7-43(32(25)38-33)28-19-30(34)29(31(35)20-28)23-42-14-16-44-17-15-42/h4-7,18-21H,8-17,22-23H2,1-3H3,(H,36,37,38). The monoisotopic (exact) mass is 604 g/mol. The Morgan fingerprint density at radius 3 is 2.32 bits per heavy atom. The molecule has 0 atom stereocenters. The lowest BCUT2D eigenvalue weighted by molar-refractivity contribution is 0.0332. The van der Waals surface area contributed by atoms with Crippen LogP contribution >= 0.6 is 0 Å². The highest BCUT2D eigenvalue weighted by Gasteiger charge is 2.20. The van der Waals surface area contributed by atoms with Gasteiger partial charge in [-0.1, -0.05) is 6.07 Å². The molecule has 4 heterocycles. The Balaban J connectivity index is 1.15. The maximum Gasteiger partial charge on any atom is 0.229 e. The summed E-state index contributed by atoms with van der Waals surface area (Å²) in [4.78, 5) is 18.5. The van der Waals surface area contributed by atoms with Gasteiger partial charge >= 0.3 is 0 Å². The average Bonchev–Trinajstić information content (AvgIpc) is 3.44. The minimum absolute atomic E-state index is 0.0745. The van der Waals surface area contributed by atoms with Gasteiger partial charge in [-0.05, 0) is 62.5 Å². The number of anilines is 2. The molecule has 0 radical (unpaired) electrons. The van der Waals surface area contributed by atoms with Crippen LogP contribution < -0.4 is 5.32 Å². The zero-order valence-corrected chi connectivity index (χ0v) is 25.9. The number of hydrogen-bond acceptors (Lipinski definition) is 8. The average molecular weight is 605 g/mol. The number of likely N-dealkylation sites (N-methyl/N-ethyl adjacent to an activating group) is 1. The molecule has 4 aromatic rings. The third kappa shape index (κ3) is 7.24. The number of ether oxygens (including phenoxy) is 1. The van der Waals surface area contributed by atoms with Gasteiger partial charge in [0.2, 0.25) is 5.95 Å². The van der Waals surface area contributed by atoms with Crippen molar-refractivity contribution >= 4 is 22.7 Å². The number of aromatic nitrogens is 3. The Morgan fingerprint density at radius 1 is 0.886 bits per heavy atom. The summed E-state index contributed by atoms with van der Waals surface area (Å²) in [5.74, 6) is -0.711. The second-order valence-electron chi connectivity index (χ2n) is 12.1. The van der Waals surface area contributed by atoms with Gasteiger partial charge in [0, 0.05) is 94.5 Å². The number of hydrogen-bond donors (Lipinski definition) is 1. The molecule has 0 saturated carbocycles. The van der Waals surface area contributed by atoms with Crippen LogP contribution in [0.4, 0.5) is 20.4 Å². The summed E-state index contributed by atoms with van der Waals surface area (Å²) >= 11 is 0. The van der Waals surface area contributed by atoms with E-state index in [0.717, 1.165) is 56.9 Å². The van der Waals surface area contributed by atoms with Crippen LogP contribution in [0.3, 0.4) is 0 Å². The Kier molecular flexibility index (Phi) is 9.48. The highest BCUT2D eigenvalue weighted by molar-refractivity contribution is 5.79. The molecule has 2 aromatic heterocycles. The van der Waals surface area contributed by atoms with Crippen LogP contribution in [-0.4, -0.2) is 114 Å². The molecule has 1 N–H and O–H groups in total. The number of fused-ring (bicyclic) bond motifs is 1. The molecule has 0 amide bonds. The SMILES string of the molecule is Cc1ccc(Nc2ncc3ccn(-c4cc(F)c(CN5CCOCC5)c(F)c4)c3n2)cc1CN1CCN(CCN(C)C)CC1. The van der Waals surface area contributed by atoms with Crippen LogP contribution in [-0.2, 0) is 17.8 Å². The predicted molar refractivity (Wildman–Crippen MR) is 170 cm³/mol. The van der Waals surface area contributed by atoms with E-state index in [4.69, 9.17) is 9.72 Å². The van der Waals surface area contributed by atoms with E-state index in [2.05, 4.69) is 58.2 Å². The molecule has 44 heavy (non-hydrogen) atoms. The quantitative estimate of drug-likeness (QED) is 0.288. The van der Waals surface area contributed by atoms with Gasteiger partial charge in [0.15, 0.2) is 0 Å². The Labute approximate surface area is 258 Å². The van der Waals surface area contributed by atoms with Crippen LogP contribution in [0.25, 0.3) is 16.7 Å². The van der Waals surface area contributed by atoms with Crippen molar-refractivity contribution in [1.82, 2.24) is 34.1 Å². The van der Waals surface area contributed by atoms with Gasteiger partial charge < -0.3 is 19.5 Å². The number of piperazine rings is 1. The van der Waals surface area contributed by atoms with Crippen molar-refractivity contribution in [2.45, 2.75) is 20.0 Å². The third-order valence-corrected chi connectivity index (χ3v) is 8.64. The number of morpholine rings is 1. The number of rotatable bonds is 10. The van der Waals surface area contributed by atoms with Gasteiger partial charge in [-0.15, -0.1) is 0 Å². The summed E-state index contributed by atoms with van der Waals surface area (Å²) in [6, 6.07) is 10.9. The second kappa shape index (κ2) is 13.7. The van der Waals surface area contributed by atoms with Crippen molar-refractivity contribution < 1.29 is 13.5 Å². The Hall–Kier alpha value is -3.48. The summed E-state index contributed by atoms with van der Waals surface area (Å²) in [7, 11) is 4.24. The summed E-state index contributed by atoms with van der Waals surface area (Å²) in [6.07, 6.45) is 3.49. The summed E-state index contributed by atoms with van der Waals surface area (Å²) in [5, 5.41) is 4.13. The first-order valence-electron chi connectivity index (χ1n) is 15.4. The second-order valence-corrected chi connectivity index (χ2v) is 12.1. The van der Waals surface area contributed by atoms with Crippen molar-refractivity contribution in [3.05, 3.63) is 77.1 Å². The summed E-state index contributed by atoms with van der Waals surface area (Å²) in [5.41, 5.74) is 4.44. The van der Waals surface area contributed by atoms with Gasteiger partial charge in [0.05, 0.1) is 18.9 Å². The molecule has 2 fully saturated rings. The van der Waals surface area contributed by atoms with Crippen molar-refractivity contribution in [2.75, 3.05) is 85.0 Å². The lowest BCUT2D eigenvalue weighted by atomic mass is 10.1. The molecule has 6 rings (SSSR count). The first-order chi connectivity index (χ1) is 21.3. The van der Waals surface area contributed by atoms with Gasteiger partial charge in [-0.2, -0.15) is 4.98 Å². The molecular formula is C33H42F2N8O. The minimum Gasteiger partial charge on any atom is -0.379 e. The van der Waals surface area contributed by atoms with Crippen LogP contribution in [0.2, 0.25) is 0 Å². The zero-order valence-electron chi connectivity index (χ0n) is 25.9. The molecule has 0 unspecified atom stereocenters. The van der Waals surface area contributed by atoms with E-state index in [1.807, 2.05) is 17.0 Å². The molecule has 2 aliphatic rings. The van der Waals surface area contributed by atoms with E-state index >= 15 is 8.78 Å². The molecule has 0 aliphatic carbocycles. The maximum absolute atomic E-state index is 15.2. The molecule has 11 heteroatoms. The summed E-state index contributed by atoms with van der Waals surface area (Å²) in [6.45, 7) is 12.2. The van der Waals surface area contributed by atoms with Gasteiger partial charge in [-0.25, -0.2) is 13.8 Å². The van der Waals surface area contributed by atoms with E-state index in [1.54, 1.807) is 17.0 Å². The topological polar surface area (TPSA) is 64.9 Å². The molecule has 2 aromatic carbocycles. The van der Waals surface area contributed by atoms with Crippen molar-refractivity contribution in [3.8, 4) is 5.69 Å². The number of nitrogens with one attached hydrogen (secondary N) is 1. The van der Waals surface area contributed by atoms with Crippen LogP contribution in [0, 0.1) is 18.6 Å². The Morgan fingerprint density at radius 2 is 1.59 bits per heavy atom. The van der Waals surface area contributed by atoms with Gasteiger partial charge in [-0.3, -0.25) is 14.7 Å². The lowest BCUT2D eigenvalue weighted by Gasteiger charge is -2.35. The van der Waals surface area contributed by atoms with E-state index in [-0.39, 0.29) is 12.1 Å². The fraction of sp³-hybridized carbons (Fsp3) is 0.455. The maximum atomic E-state index is 15.2. The Bertz CT molecular complexity index is 1550. The number of nitrogens with zero attached hydrogens (tertiary/aromatic N) is 7. The largest absolute Gasteiger partial charge is 0.379 e. The van der Waals surface area contributed by atoms with Gasteiger partial charge in [0.1, 0.15) is 17.3 Å². The highest BCUT2D eigenvalue weighted by Crippen LogP contribution is 2.26. The summed E-state index contributed by atoms with van der Waals surface area (Å²) < 4.78 is 37.4. The third-order valence-electron chi connectivity index (χ3n) is 8.64. The molecule has 0 bridgehead atoms. The zero-order chi connectivity index (χ0) is 30.6. The predicted octanol–water partition coefficient (Wildman–Crippen LogP) is 4.26.